The van der Waals surface area contributed by atoms with E-state index in [2.05, 4.69) is 42.3 Å². The van der Waals surface area contributed by atoms with Gasteiger partial charge in [-0.3, -0.25) is 0 Å². The lowest BCUT2D eigenvalue weighted by Gasteiger charge is -2.06. The fourth-order valence-electron chi connectivity index (χ4n) is 4.46. The van der Waals surface area contributed by atoms with Gasteiger partial charge in [-0.25, -0.2) is 9.13 Å². The van der Waals surface area contributed by atoms with Crippen molar-refractivity contribution in [2.75, 3.05) is 0 Å². The Balaban J connectivity index is 2.14. The SMILES string of the molecule is CCCCCCCCCCCc1n(CC)cc[n+]1CCCCCCCCCCC. The summed E-state index contributed by atoms with van der Waals surface area (Å²) in [5, 5.41) is 0. The molecule has 0 aliphatic carbocycles. The summed E-state index contributed by atoms with van der Waals surface area (Å²) in [6.07, 6.45) is 31.4. The summed E-state index contributed by atoms with van der Waals surface area (Å²) in [5.74, 6) is 1.56. The van der Waals surface area contributed by atoms with Crippen molar-refractivity contribution in [2.45, 2.75) is 156 Å². The zero-order valence-corrected chi connectivity index (χ0v) is 20.4. The summed E-state index contributed by atoms with van der Waals surface area (Å²) in [7, 11) is 0. The van der Waals surface area contributed by atoms with Crippen molar-refractivity contribution in [3.8, 4) is 0 Å². The lowest BCUT2D eigenvalue weighted by atomic mass is 10.1. The topological polar surface area (TPSA) is 8.81 Å². The maximum Gasteiger partial charge on any atom is 0.256 e. The molecule has 0 atom stereocenters. The van der Waals surface area contributed by atoms with Crippen LogP contribution in [0.4, 0.5) is 0 Å². The van der Waals surface area contributed by atoms with E-state index in [0.717, 1.165) is 6.54 Å². The highest BCUT2D eigenvalue weighted by Gasteiger charge is 2.15. The molecule has 1 aromatic heterocycles. The molecule has 0 aliphatic heterocycles. The third-order valence-corrected chi connectivity index (χ3v) is 6.44. The van der Waals surface area contributed by atoms with Gasteiger partial charge < -0.3 is 0 Å². The molecule has 0 unspecified atom stereocenters. The molecular formula is C27H53N2+. The highest BCUT2D eigenvalue weighted by atomic mass is 15.1. The molecule has 0 spiro atoms. The fraction of sp³-hybridized carbons (Fsp3) is 0.889. The van der Waals surface area contributed by atoms with E-state index in [9.17, 15) is 0 Å². The molecule has 29 heavy (non-hydrogen) atoms. The average Bonchev–Trinajstić information content (AvgIpc) is 3.13. The van der Waals surface area contributed by atoms with Crippen LogP contribution in [0.15, 0.2) is 12.4 Å². The Labute approximate surface area is 183 Å². The molecular weight excluding hydrogens is 352 g/mol. The van der Waals surface area contributed by atoms with Gasteiger partial charge in [-0.05, 0) is 26.2 Å². The molecule has 1 rings (SSSR count). The van der Waals surface area contributed by atoms with Crippen molar-refractivity contribution in [3.63, 3.8) is 0 Å². The summed E-state index contributed by atoms with van der Waals surface area (Å²) in [6.45, 7) is 9.21. The summed E-state index contributed by atoms with van der Waals surface area (Å²) in [4.78, 5) is 0. The van der Waals surface area contributed by atoms with Crippen molar-refractivity contribution in [2.24, 2.45) is 0 Å². The van der Waals surface area contributed by atoms with Gasteiger partial charge in [0.25, 0.3) is 5.82 Å². The van der Waals surface area contributed by atoms with E-state index in [1.807, 2.05) is 0 Å². The Morgan fingerprint density at radius 3 is 1.52 bits per heavy atom. The molecule has 0 N–H and O–H groups in total. The molecule has 1 aromatic rings. The monoisotopic (exact) mass is 405 g/mol. The minimum absolute atomic E-state index is 1.11. The van der Waals surface area contributed by atoms with Gasteiger partial charge in [0.15, 0.2) is 0 Å². The molecule has 170 valence electrons. The van der Waals surface area contributed by atoms with Gasteiger partial charge in [-0.2, -0.15) is 0 Å². The summed E-state index contributed by atoms with van der Waals surface area (Å²) < 4.78 is 5.02. The first kappa shape index (κ1) is 26.2. The van der Waals surface area contributed by atoms with Gasteiger partial charge in [-0.1, -0.05) is 110 Å². The maximum atomic E-state index is 2.55. The van der Waals surface area contributed by atoms with Gasteiger partial charge in [0.05, 0.1) is 13.1 Å². The summed E-state index contributed by atoms with van der Waals surface area (Å²) >= 11 is 0. The number of hydrogen-bond donors (Lipinski definition) is 0. The fourth-order valence-corrected chi connectivity index (χ4v) is 4.46. The van der Waals surface area contributed by atoms with E-state index in [1.54, 1.807) is 5.82 Å². The van der Waals surface area contributed by atoms with Gasteiger partial charge in [0, 0.05) is 6.42 Å². The number of aromatic nitrogens is 2. The number of unbranched alkanes of at least 4 members (excludes halogenated alkanes) is 16. The standard InChI is InChI=1S/C27H53N2/c1-4-7-9-11-13-15-17-19-21-23-27-28(6-3)25-26-29(27)24-22-20-18-16-14-12-10-8-5-2/h25-26H,4-24H2,1-3H3/q+1. The van der Waals surface area contributed by atoms with Gasteiger partial charge >= 0.3 is 0 Å². The predicted molar refractivity (Wildman–Crippen MR) is 128 cm³/mol. The van der Waals surface area contributed by atoms with Crippen LogP contribution in [-0.4, -0.2) is 4.57 Å². The second-order valence-corrected chi connectivity index (χ2v) is 9.10. The normalized spacial score (nSPS) is 11.4. The van der Waals surface area contributed by atoms with E-state index in [0.29, 0.717) is 0 Å². The number of imidazole rings is 1. The van der Waals surface area contributed by atoms with Crippen molar-refractivity contribution in [1.29, 1.82) is 0 Å². The van der Waals surface area contributed by atoms with Gasteiger partial charge in [0.1, 0.15) is 12.4 Å². The van der Waals surface area contributed by atoms with Crippen LogP contribution < -0.4 is 4.57 Å². The molecule has 0 aromatic carbocycles. The highest BCUT2D eigenvalue weighted by molar-refractivity contribution is 4.83. The molecule has 2 heteroatoms. The van der Waals surface area contributed by atoms with E-state index in [-0.39, 0.29) is 0 Å². The summed E-state index contributed by atoms with van der Waals surface area (Å²) in [6, 6.07) is 0. The quantitative estimate of drug-likeness (QED) is 0.143. The number of nitrogens with zero attached hydrogens (tertiary/aromatic N) is 2. The molecule has 0 saturated carbocycles. The average molecular weight is 406 g/mol. The zero-order chi connectivity index (χ0) is 21.0. The molecule has 1 heterocycles. The van der Waals surface area contributed by atoms with E-state index in [1.165, 1.54) is 129 Å². The van der Waals surface area contributed by atoms with Crippen molar-refractivity contribution >= 4 is 0 Å². The van der Waals surface area contributed by atoms with Crippen LogP contribution in [0.3, 0.4) is 0 Å². The number of rotatable bonds is 21. The highest BCUT2D eigenvalue weighted by Crippen LogP contribution is 2.12. The molecule has 0 bridgehead atoms. The second kappa shape index (κ2) is 19.2. The van der Waals surface area contributed by atoms with Gasteiger partial charge in [-0.15, -0.1) is 0 Å². The van der Waals surface area contributed by atoms with E-state index < -0.39 is 0 Å². The Morgan fingerprint density at radius 1 is 0.586 bits per heavy atom. The van der Waals surface area contributed by atoms with Crippen LogP contribution in [0.25, 0.3) is 0 Å². The lowest BCUT2D eigenvalue weighted by Crippen LogP contribution is -2.37. The minimum Gasteiger partial charge on any atom is -0.235 e. The predicted octanol–water partition coefficient (Wildman–Crippen LogP) is 8.40. The molecule has 0 radical (unpaired) electrons. The van der Waals surface area contributed by atoms with Crippen LogP contribution in [0.2, 0.25) is 0 Å². The molecule has 0 fully saturated rings. The first-order valence-electron chi connectivity index (χ1n) is 13.4. The smallest absolute Gasteiger partial charge is 0.235 e. The Morgan fingerprint density at radius 2 is 1.03 bits per heavy atom. The minimum atomic E-state index is 1.11. The van der Waals surface area contributed by atoms with E-state index >= 15 is 0 Å². The third-order valence-electron chi connectivity index (χ3n) is 6.44. The van der Waals surface area contributed by atoms with Crippen LogP contribution in [0.1, 0.15) is 142 Å². The van der Waals surface area contributed by atoms with Gasteiger partial charge in [0.2, 0.25) is 0 Å². The van der Waals surface area contributed by atoms with Crippen molar-refractivity contribution in [1.82, 2.24) is 4.57 Å². The third kappa shape index (κ3) is 13.2. The number of aryl methyl sites for hydroxylation is 2. The molecule has 0 aliphatic rings. The molecule has 0 amide bonds. The molecule has 2 nitrogen and oxygen atoms in total. The van der Waals surface area contributed by atoms with E-state index in [4.69, 9.17) is 0 Å². The lowest BCUT2D eigenvalue weighted by molar-refractivity contribution is -0.704. The van der Waals surface area contributed by atoms with Crippen LogP contribution in [-0.2, 0) is 19.5 Å². The first-order chi connectivity index (χ1) is 14.3. The van der Waals surface area contributed by atoms with Crippen LogP contribution in [0, 0.1) is 0 Å². The number of hydrogen-bond acceptors (Lipinski definition) is 0. The second-order valence-electron chi connectivity index (χ2n) is 9.10. The Kier molecular flexibility index (Phi) is 17.4. The van der Waals surface area contributed by atoms with Crippen molar-refractivity contribution in [3.05, 3.63) is 18.2 Å². The zero-order valence-electron chi connectivity index (χ0n) is 20.4. The molecule has 0 saturated heterocycles. The maximum absolute atomic E-state index is 2.55. The largest absolute Gasteiger partial charge is 0.256 e. The van der Waals surface area contributed by atoms with Crippen molar-refractivity contribution < 1.29 is 4.57 Å². The van der Waals surface area contributed by atoms with Crippen LogP contribution in [0.5, 0.6) is 0 Å². The Hall–Kier alpha value is -0.790. The summed E-state index contributed by atoms with van der Waals surface area (Å²) in [5.41, 5.74) is 0. The Bertz CT molecular complexity index is 463. The van der Waals surface area contributed by atoms with Crippen LogP contribution >= 0.6 is 0 Å². The first-order valence-corrected chi connectivity index (χ1v) is 13.4.